The van der Waals surface area contributed by atoms with E-state index in [-0.39, 0.29) is 11.2 Å². The van der Waals surface area contributed by atoms with Gasteiger partial charge < -0.3 is 14.7 Å². The number of ketones is 1. The summed E-state index contributed by atoms with van der Waals surface area (Å²) in [4.78, 5) is 14.9. The van der Waals surface area contributed by atoms with Crippen molar-refractivity contribution in [3.63, 3.8) is 0 Å². The Kier molecular flexibility index (Phi) is 8.04. The number of benzene rings is 3. The summed E-state index contributed by atoms with van der Waals surface area (Å²) in [6.07, 6.45) is 1.63. The number of rotatable bonds is 8. The van der Waals surface area contributed by atoms with Crippen LogP contribution in [0.1, 0.15) is 72.3 Å². The van der Waals surface area contributed by atoms with Gasteiger partial charge in [-0.15, -0.1) is 0 Å². The summed E-state index contributed by atoms with van der Waals surface area (Å²) in [7, 11) is 0. The minimum atomic E-state index is -0.531. The highest BCUT2D eigenvalue weighted by Crippen LogP contribution is 2.28. The number of carbonyl (C=O) groups is 1. The van der Waals surface area contributed by atoms with Gasteiger partial charge in [0.25, 0.3) is 0 Å². The minimum Gasteiger partial charge on any atom is -0.489 e. The third kappa shape index (κ3) is 6.81. The molecule has 0 radical (unpaired) electrons. The van der Waals surface area contributed by atoms with Crippen molar-refractivity contribution in [2.24, 2.45) is 0 Å². The number of fused-ring (bicyclic) bond motifs is 1. The molecule has 1 unspecified atom stereocenters. The van der Waals surface area contributed by atoms with Crippen LogP contribution in [0.15, 0.2) is 72.8 Å². The molecule has 3 aromatic rings. The highest BCUT2D eigenvalue weighted by atomic mass is 16.5. The predicted molar refractivity (Wildman–Crippen MR) is 141 cm³/mol. The van der Waals surface area contributed by atoms with Crippen molar-refractivity contribution in [3.05, 3.63) is 101 Å². The molecule has 0 bridgehead atoms. The van der Waals surface area contributed by atoms with Crippen LogP contribution in [0.3, 0.4) is 0 Å². The van der Waals surface area contributed by atoms with E-state index in [9.17, 15) is 9.90 Å². The van der Waals surface area contributed by atoms with E-state index in [2.05, 4.69) is 56.0 Å². The Morgan fingerprint density at radius 3 is 2.49 bits per heavy atom. The molecule has 0 saturated heterocycles. The number of hydrogen-bond acceptors (Lipinski definition) is 4. The zero-order valence-corrected chi connectivity index (χ0v) is 21.2. The predicted octanol–water partition coefficient (Wildman–Crippen LogP) is 6.12. The monoisotopic (exact) mass is 471 g/mol. The molecule has 0 fully saturated rings. The van der Waals surface area contributed by atoms with Gasteiger partial charge in [-0.2, -0.15) is 0 Å². The van der Waals surface area contributed by atoms with Crippen LogP contribution in [0.2, 0.25) is 0 Å². The smallest absolute Gasteiger partial charge is 0.162 e. The van der Waals surface area contributed by atoms with Crippen LogP contribution in [0.5, 0.6) is 5.75 Å². The zero-order chi connectivity index (χ0) is 24.8. The number of hydrogen-bond donors (Lipinski definition) is 1. The molecule has 4 nitrogen and oxygen atoms in total. The van der Waals surface area contributed by atoms with E-state index >= 15 is 0 Å². The van der Waals surface area contributed by atoms with Gasteiger partial charge in [0.05, 0.1) is 6.10 Å². The lowest BCUT2D eigenvalue weighted by Crippen LogP contribution is -2.29. The van der Waals surface area contributed by atoms with Gasteiger partial charge in [0.15, 0.2) is 5.78 Å². The first-order valence-electron chi connectivity index (χ1n) is 12.6. The molecule has 0 saturated carbocycles. The SMILES string of the molecule is CC(C)(C)c1ccc(C(=O)CCCN2CCc3cc(OCc4ccccc4)ccc3C(O)C2)cc1. The summed E-state index contributed by atoms with van der Waals surface area (Å²) in [5.41, 5.74) is 5.36. The molecule has 3 aromatic carbocycles. The average Bonchev–Trinajstić information content (AvgIpc) is 3.01. The quantitative estimate of drug-likeness (QED) is 0.402. The third-order valence-corrected chi connectivity index (χ3v) is 6.80. The maximum atomic E-state index is 12.7. The highest BCUT2D eigenvalue weighted by Gasteiger charge is 2.22. The van der Waals surface area contributed by atoms with Gasteiger partial charge in [-0.25, -0.2) is 0 Å². The Bertz CT molecular complexity index is 1120. The number of β-amino-alcohol motifs (C(OH)–C–C–N with tert-alkyl or cyclic N) is 1. The number of aliphatic hydroxyl groups excluding tert-OH is 1. The standard InChI is InChI=1S/C31H37NO3/c1-31(2,3)26-13-11-24(12-14-26)29(33)10-7-18-32-19-17-25-20-27(15-16-28(25)30(34)21-32)35-22-23-8-5-4-6-9-23/h4-6,8-9,11-16,20,30,34H,7,10,17-19,21-22H2,1-3H3. The van der Waals surface area contributed by atoms with E-state index in [0.29, 0.717) is 19.6 Å². The lowest BCUT2D eigenvalue weighted by molar-refractivity contribution is 0.0962. The first kappa shape index (κ1) is 25.2. The molecule has 4 rings (SSSR count). The van der Waals surface area contributed by atoms with Crippen molar-refractivity contribution in [3.8, 4) is 5.75 Å². The van der Waals surface area contributed by atoms with Crippen molar-refractivity contribution in [1.29, 1.82) is 0 Å². The normalized spacial score (nSPS) is 16.4. The summed E-state index contributed by atoms with van der Waals surface area (Å²) >= 11 is 0. The molecule has 4 heteroatoms. The van der Waals surface area contributed by atoms with E-state index < -0.39 is 6.10 Å². The van der Waals surface area contributed by atoms with Crippen LogP contribution in [0, 0.1) is 0 Å². The molecule has 0 spiro atoms. The van der Waals surface area contributed by atoms with Gasteiger partial charge in [0.1, 0.15) is 12.4 Å². The van der Waals surface area contributed by atoms with Gasteiger partial charge in [-0.1, -0.05) is 81.4 Å². The molecule has 0 amide bonds. The average molecular weight is 472 g/mol. The van der Waals surface area contributed by atoms with Gasteiger partial charge in [-0.3, -0.25) is 4.79 Å². The van der Waals surface area contributed by atoms with Gasteiger partial charge >= 0.3 is 0 Å². The lowest BCUT2D eigenvalue weighted by Gasteiger charge is -2.22. The number of nitrogens with zero attached hydrogens (tertiary/aromatic N) is 1. The zero-order valence-electron chi connectivity index (χ0n) is 21.2. The topological polar surface area (TPSA) is 49.8 Å². The number of ether oxygens (including phenoxy) is 1. The fourth-order valence-corrected chi connectivity index (χ4v) is 4.63. The molecular formula is C31H37NO3. The van der Waals surface area contributed by atoms with Crippen LogP contribution in [-0.4, -0.2) is 35.4 Å². The van der Waals surface area contributed by atoms with E-state index in [1.54, 1.807) is 0 Å². The second kappa shape index (κ2) is 11.2. The molecule has 0 aliphatic carbocycles. The molecule has 1 heterocycles. The Hall–Kier alpha value is -2.95. The maximum Gasteiger partial charge on any atom is 0.162 e. The van der Waals surface area contributed by atoms with Crippen LogP contribution in [0.4, 0.5) is 0 Å². The molecule has 35 heavy (non-hydrogen) atoms. The summed E-state index contributed by atoms with van der Waals surface area (Å²) in [6.45, 7) is 9.31. The molecule has 1 N–H and O–H groups in total. The van der Waals surface area contributed by atoms with Crippen molar-refractivity contribution >= 4 is 5.78 Å². The number of Topliss-reactive ketones (excluding diaryl/α,β-unsaturated/α-hetero) is 1. The summed E-state index contributed by atoms with van der Waals surface area (Å²) < 4.78 is 5.99. The molecular weight excluding hydrogens is 434 g/mol. The van der Waals surface area contributed by atoms with Crippen molar-refractivity contribution in [2.75, 3.05) is 19.6 Å². The van der Waals surface area contributed by atoms with Crippen molar-refractivity contribution < 1.29 is 14.6 Å². The Morgan fingerprint density at radius 2 is 1.77 bits per heavy atom. The fraction of sp³-hybridized carbons (Fsp3) is 0.387. The van der Waals surface area contributed by atoms with Gasteiger partial charge in [-0.05, 0) is 59.2 Å². The molecule has 1 aliphatic heterocycles. The second-order valence-corrected chi connectivity index (χ2v) is 10.6. The number of carbonyl (C=O) groups excluding carboxylic acids is 1. The number of aliphatic hydroxyl groups is 1. The minimum absolute atomic E-state index is 0.0849. The first-order chi connectivity index (χ1) is 16.8. The van der Waals surface area contributed by atoms with Gasteiger partial charge in [0, 0.05) is 25.1 Å². The Labute approximate surface area is 209 Å². The molecule has 1 atom stereocenters. The largest absolute Gasteiger partial charge is 0.489 e. The van der Waals surface area contributed by atoms with Crippen molar-refractivity contribution in [2.45, 2.75) is 58.2 Å². The fourth-order valence-electron chi connectivity index (χ4n) is 4.63. The first-order valence-corrected chi connectivity index (χ1v) is 12.6. The molecule has 184 valence electrons. The van der Waals surface area contributed by atoms with E-state index in [1.807, 2.05) is 42.5 Å². The third-order valence-electron chi connectivity index (χ3n) is 6.80. The van der Waals surface area contributed by atoms with E-state index in [1.165, 1.54) is 5.56 Å². The van der Waals surface area contributed by atoms with E-state index in [4.69, 9.17) is 4.74 Å². The second-order valence-electron chi connectivity index (χ2n) is 10.6. The highest BCUT2D eigenvalue weighted by molar-refractivity contribution is 5.96. The summed E-state index contributed by atoms with van der Waals surface area (Å²) in [5.74, 6) is 1.01. The molecule has 1 aliphatic rings. The maximum absolute atomic E-state index is 12.7. The summed E-state index contributed by atoms with van der Waals surface area (Å²) in [6, 6.07) is 24.2. The Balaban J connectivity index is 1.28. The Morgan fingerprint density at radius 1 is 1.03 bits per heavy atom. The van der Waals surface area contributed by atoms with Crippen LogP contribution < -0.4 is 4.74 Å². The van der Waals surface area contributed by atoms with Crippen LogP contribution >= 0.6 is 0 Å². The van der Waals surface area contributed by atoms with Crippen molar-refractivity contribution in [1.82, 2.24) is 4.90 Å². The van der Waals surface area contributed by atoms with E-state index in [0.717, 1.165) is 53.9 Å². The van der Waals surface area contributed by atoms with Crippen LogP contribution in [0.25, 0.3) is 0 Å². The van der Waals surface area contributed by atoms with Gasteiger partial charge in [0.2, 0.25) is 0 Å². The molecule has 0 aromatic heterocycles. The lowest BCUT2D eigenvalue weighted by atomic mass is 9.86. The summed E-state index contributed by atoms with van der Waals surface area (Å²) in [5, 5.41) is 10.8. The van der Waals surface area contributed by atoms with Crippen LogP contribution in [-0.2, 0) is 18.4 Å².